The largest absolute Gasteiger partial charge is 0.493 e. The standard InChI is InChI=1S/C24H26N6O2.C24H26N6O.C23H24N6O.C22H24N6O/c1-15-5-7-18(8-6-15)17(3)26-24-23(32-4)11-20(28-29-24)19-9-10-22(21(13-31)27-19)30-12-16(2)25-14-30;1-15-5-7-19(8-6-15)18(4)26-23-11-16(2)24(29-28-23)20-9-10-22(21(13-31)27-20)30-12-17(3)25-14-30;1-15-11-22(25-17(3)18-7-5-4-6-8-18)27-28-23(15)19-9-10-21(20(13-30)26-19)29-12-16(2)24-14-29;1-4-6-7-17(5-2)12-23-22-11-9-19(26-27-22)18-8-10-21(20(14-29)25-18)28-13-16(3)24-15-28/h5-12,14,17,31H,13H2,1-4H3,(H,26,29);5-12,14,18,31H,13H2,1-4H3,(H,26,28);4-12,14,17,30H,13H2,1-3H3,(H,25,27);4-11,13,15,29H,2,12,14H2,1,3H3,(H,23,27)/b;;;6-4+,17-7+/t17-;18-;17-;/m000./s1. The van der Waals surface area contributed by atoms with Crippen LogP contribution in [0.4, 0.5) is 23.3 Å². The highest BCUT2D eigenvalue weighted by Crippen LogP contribution is 2.33. The lowest BCUT2D eigenvalue weighted by Crippen LogP contribution is -2.10. The van der Waals surface area contributed by atoms with E-state index in [1.807, 2.05) is 201 Å². The highest BCUT2D eigenvalue weighted by Gasteiger charge is 2.21. The smallest absolute Gasteiger partial charge is 0.191 e. The van der Waals surface area contributed by atoms with Crippen LogP contribution in [0.3, 0.4) is 0 Å². The molecule has 0 aliphatic carbocycles. The molecule has 0 bridgehead atoms. The SMILES string of the molecule is C=C/C(=C\C=C\C)CNc1ccc(-c2ccc(-n3cnc(C)c3)c(CO)n2)nn1.COc1cc(-c2ccc(-n3cnc(C)c3)c(CO)n2)nnc1N[C@@H](C)c1ccc(C)cc1.Cc1ccc([C@H](C)Nc2cc(C)c(-c3ccc(-n4cnc(C)c4)c(CO)n3)nn2)cc1.Cc1cn(-c2ccc(-c3nnc(N[C@@H](C)c4ccccc4)cc3C)nc2CO)cn1. The Hall–Kier alpha value is -14.5. The van der Waals surface area contributed by atoms with Crippen LogP contribution in [0.25, 0.3) is 68.3 Å². The number of rotatable bonds is 27. The van der Waals surface area contributed by atoms with Crippen molar-refractivity contribution in [2.45, 2.75) is 128 Å². The number of aryl methyl sites for hydroxylation is 8. The van der Waals surface area contributed by atoms with Gasteiger partial charge in [-0.3, -0.25) is 0 Å². The first kappa shape index (κ1) is 86.8. The van der Waals surface area contributed by atoms with E-state index in [4.69, 9.17) is 4.74 Å². The molecular weight excluding hydrogens is 1530 g/mol. The summed E-state index contributed by atoms with van der Waals surface area (Å²) >= 11 is 0. The number of anilines is 4. The van der Waals surface area contributed by atoms with Crippen LogP contribution in [0, 0.1) is 55.4 Å². The number of aliphatic hydroxyl groups excluding tert-OH is 4. The van der Waals surface area contributed by atoms with Gasteiger partial charge in [-0.25, -0.2) is 39.9 Å². The summed E-state index contributed by atoms with van der Waals surface area (Å²) in [5, 5.41) is 87.4. The zero-order valence-corrected chi connectivity index (χ0v) is 70.6. The van der Waals surface area contributed by atoms with Gasteiger partial charge in [0.25, 0.3) is 0 Å². The Morgan fingerprint density at radius 3 is 1.16 bits per heavy atom. The van der Waals surface area contributed by atoms with Gasteiger partial charge in [0, 0.05) is 49.5 Å². The molecule has 3 atom stereocenters. The van der Waals surface area contributed by atoms with Gasteiger partial charge in [-0.1, -0.05) is 121 Å². The second-order valence-corrected chi connectivity index (χ2v) is 29.1. The van der Waals surface area contributed by atoms with Gasteiger partial charge < -0.3 is 64.7 Å². The van der Waals surface area contributed by atoms with Crippen LogP contribution < -0.4 is 26.0 Å². The Kier molecular flexibility index (Phi) is 29.3. The summed E-state index contributed by atoms with van der Waals surface area (Å²) in [6.07, 6.45) is 22.1. The van der Waals surface area contributed by atoms with Crippen molar-refractivity contribution < 1.29 is 25.2 Å². The molecule has 29 heteroatoms. The molecule has 3 aromatic carbocycles. The van der Waals surface area contributed by atoms with Crippen molar-refractivity contribution in [1.82, 2.24) is 98.9 Å². The van der Waals surface area contributed by atoms with Crippen LogP contribution in [0.5, 0.6) is 5.75 Å². The number of allylic oxidation sites excluding steroid dienone is 3. The lowest BCUT2D eigenvalue weighted by Gasteiger charge is -2.17. The summed E-state index contributed by atoms with van der Waals surface area (Å²) in [5.41, 5.74) is 23.0. The van der Waals surface area contributed by atoms with E-state index in [2.05, 4.69) is 204 Å². The number of aliphatic hydroxyl groups is 4. The normalized spacial score (nSPS) is 11.9. The number of hydrogen-bond acceptors (Lipinski definition) is 25. The molecule has 122 heavy (non-hydrogen) atoms. The second kappa shape index (κ2) is 41.2. The fraction of sp³-hybridized carbons (Fsp3) is 0.226. The summed E-state index contributed by atoms with van der Waals surface area (Å²) in [6, 6.07) is 51.8. The van der Waals surface area contributed by atoms with Crippen LogP contribution in [0.15, 0.2) is 244 Å². The first-order chi connectivity index (χ1) is 59.1. The van der Waals surface area contributed by atoms with E-state index < -0.39 is 0 Å². The van der Waals surface area contributed by atoms with Crippen LogP contribution in [0.1, 0.15) is 130 Å². The van der Waals surface area contributed by atoms with E-state index in [1.54, 1.807) is 44.6 Å². The maximum Gasteiger partial charge on any atom is 0.191 e. The van der Waals surface area contributed by atoms with Crippen molar-refractivity contribution in [3.05, 3.63) is 329 Å². The molecule has 0 spiro atoms. The molecule has 15 rings (SSSR count). The highest BCUT2D eigenvalue weighted by atomic mass is 16.5. The topological polar surface area (TPSA) is 364 Å². The number of nitrogens with one attached hydrogen (secondary N) is 4. The van der Waals surface area contributed by atoms with Gasteiger partial charge in [-0.15, -0.1) is 40.8 Å². The molecular formula is C93H100N24O5. The fourth-order valence-corrected chi connectivity index (χ4v) is 13.0. The van der Waals surface area contributed by atoms with Crippen LogP contribution in [-0.2, 0) is 26.4 Å². The minimum absolute atomic E-state index is 0.0293. The molecule has 0 amide bonds. The minimum Gasteiger partial charge on any atom is -0.493 e. The van der Waals surface area contributed by atoms with Gasteiger partial charge in [0.2, 0.25) is 0 Å². The Labute approximate surface area is 709 Å². The molecule has 12 aromatic heterocycles. The van der Waals surface area contributed by atoms with Crippen molar-refractivity contribution >= 4 is 23.3 Å². The van der Waals surface area contributed by atoms with Crippen molar-refractivity contribution in [2.75, 3.05) is 34.9 Å². The Bertz CT molecular complexity index is 6080. The maximum atomic E-state index is 9.86. The van der Waals surface area contributed by atoms with E-state index in [9.17, 15) is 20.4 Å². The van der Waals surface area contributed by atoms with Crippen molar-refractivity contribution in [1.29, 1.82) is 0 Å². The number of imidazole rings is 4. The molecule has 0 aliphatic rings. The summed E-state index contributed by atoms with van der Waals surface area (Å²) in [5.74, 6) is 3.20. The number of hydrogen-bond donors (Lipinski definition) is 8. The Morgan fingerprint density at radius 1 is 0.410 bits per heavy atom. The summed E-state index contributed by atoms with van der Waals surface area (Å²) in [4.78, 5) is 35.3. The predicted octanol–water partition coefficient (Wildman–Crippen LogP) is 16.0. The first-order valence-corrected chi connectivity index (χ1v) is 39.7. The van der Waals surface area contributed by atoms with Gasteiger partial charge >= 0.3 is 0 Å². The quantitative estimate of drug-likeness (QED) is 0.0222. The van der Waals surface area contributed by atoms with Crippen LogP contribution in [0.2, 0.25) is 0 Å². The van der Waals surface area contributed by atoms with Gasteiger partial charge in [-0.2, -0.15) is 0 Å². The van der Waals surface area contributed by atoms with Crippen LogP contribution in [-0.4, -0.2) is 133 Å². The van der Waals surface area contributed by atoms with E-state index in [-0.39, 0.29) is 44.6 Å². The van der Waals surface area contributed by atoms with Crippen LogP contribution >= 0.6 is 0 Å². The number of pyridine rings is 4. The third kappa shape index (κ3) is 22.3. The average molecular weight is 1630 g/mol. The monoisotopic (exact) mass is 1630 g/mol. The number of ether oxygens (including phenoxy) is 1. The zero-order valence-electron chi connectivity index (χ0n) is 70.6. The summed E-state index contributed by atoms with van der Waals surface area (Å²) in [7, 11) is 1.60. The van der Waals surface area contributed by atoms with E-state index in [0.29, 0.717) is 104 Å². The molecule has 0 radical (unpaired) electrons. The molecule has 12 heterocycles. The lowest BCUT2D eigenvalue weighted by atomic mass is 10.1. The Morgan fingerprint density at radius 2 is 0.787 bits per heavy atom. The molecule has 29 nitrogen and oxygen atoms in total. The molecule has 0 unspecified atom stereocenters. The third-order valence-electron chi connectivity index (χ3n) is 19.8. The predicted molar refractivity (Wildman–Crippen MR) is 475 cm³/mol. The van der Waals surface area contributed by atoms with Crippen molar-refractivity contribution in [3.8, 4) is 74.1 Å². The zero-order chi connectivity index (χ0) is 86.3. The Balaban J connectivity index is 0.000000149. The molecule has 0 saturated carbocycles. The lowest BCUT2D eigenvalue weighted by molar-refractivity contribution is 0.276. The molecule has 622 valence electrons. The van der Waals surface area contributed by atoms with E-state index in [1.165, 1.54) is 22.3 Å². The summed E-state index contributed by atoms with van der Waals surface area (Å²) < 4.78 is 13.0. The maximum absolute atomic E-state index is 9.86. The van der Waals surface area contributed by atoms with Crippen molar-refractivity contribution in [2.24, 2.45) is 0 Å². The molecule has 8 N–H and O–H groups in total. The molecule has 0 fully saturated rings. The van der Waals surface area contributed by atoms with Gasteiger partial charge in [-0.05, 0) is 189 Å². The van der Waals surface area contributed by atoms with E-state index >= 15 is 0 Å². The van der Waals surface area contributed by atoms with Gasteiger partial charge in [0.1, 0.15) is 40.2 Å². The number of benzene rings is 3. The average Bonchev–Trinajstić information content (AvgIpc) is 1.34. The van der Waals surface area contributed by atoms with Gasteiger partial charge in [0.05, 0.1) is 156 Å². The second-order valence-electron chi connectivity index (χ2n) is 29.1. The summed E-state index contributed by atoms with van der Waals surface area (Å²) in [6.45, 7) is 27.7. The number of nitrogens with zero attached hydrogens (tertiary/aromatic N) is 20. The third-order valence-corrected chi connectivity index (χ3v) is 19.8. The van der Waals surface area contributed by atoms with Crippen molar-refractivity contribution in [3.63, 3.8) is 0 Å². The fourth-order valence-electron chi connectivity index (χ4n) is 13.0. The number of aromatic nitrogens is 20. The molecule has 0 aliphatic heterocycles. The van der Waals surface area contributed by atoms with E-state index in [0.717, 1.165) is 67.8 Å². The van der Waals surface area contributed by atoms with Gasteiger partial charge in [0.15, 0.2) is 11.6 Å². The first-order valence-electron chi connectivity index (χ1n) is 39.7. The molecule has 15 aromatic rings. The molecule has 0 saturated heterocycles. The highest BCUT2D eigenvalue weighted by molar-refractivity contribution is 5.66. The number of methoxy groups -OCH3 is 1. The minimum atomic E-state index is -0.210.